The van der Waals surface area contributed by atoms with Crippen molar-refractivity contribution in [3.8, 4) is 11.4 Å². The highest BCUT2D eigenvalue weighted by Gasteiger charge is 2.23. The fourth-order valence-electron chi connectivity index (χ4n) is 4.05. The first-order valence-corrected chi connectivity index (χ1v) is 9.98. The summed E-state index contributed by atoms with van der Waals surface area (Å²) in [5.74, 6) is 1.91. The number of aromatic nitrogens is 6. The van der Waals surface area contributed by atoms with Gasteiger partial charge >= 0.3 is 0 Å². The van der Waals surface area contributed by atoms with Gasteiger partial charge in [-0.1, -0.05) is 12.1 Å². The molecule has 0 bridgehead atoms. The first kappa shape index (κ1) is 17.6. The molecular formula is C22H17N7O2. The van der Waals surface area contributed by atoms with Gasteiger partial charge in [-0.05, 0) is 36.8 Å². The number of anilines is 2. The molecule has 0 spiro atoms. The molecule has 0 atom stereocenters. The Morgan fingerprint density at radius 3 is 2.71 bits per heavy atom. The van der Waals surface area contributed by atoms with Gasteiger partial charge in [-0.3, -0.25) is 24.9 Å². The number of para-hydroxylation sites is 1. The molecule has 0 unspecified atom stereocenters. The quantitative estimate of drug-likeness (QED) is 0.361. The van der Waals surface area contributed by atoms with E-state index in [1.807, 2.05) is 36.4 Å². The van der Waals surface area contributed by atoms with Crippen LogP contribution in [0.25, 0.3) is 33.2 Å². The molecular weight excluding hydrogens is 394 g/mol. The van der Waals surface area contributed by atoms with E-state index in [1.165, 1.54) is 0 Å². The van der Waals surface area contributed by atoms with Crippen molar-refractivity contribution >= 4 is 39.2 Å². The van der Waals surface area contributed by atoms with Crippen molar-refractivity contribution in [3.63, 3.8) is 0 Å². The fraction of sp³-hybridized carbons (Fsp3) is 0.136. The summed E-state index contributed by atoms with van der Waals surface area (Å²) in [7, 11) is 0. The smallest absolute Gasteiger partial charge is 0.271 e. The molecule has 9 nitrogen and oxygen atoms in total. The Bertz CT molecular complexity index is 1540. The van der Waals surface area contributed by atoms with Gasteiger partial charge in [0.05, 0.1) is 22.1 Å². The maximum atomic E-state index is 12.1. The summed E-state index contributed by atoms with van der Waals surface area (Å²) in [6, 6.07) is 13.2. The predicted molar refractivity (Wildman–Crippen MR) is 116 cm³/mol. The van der Waals surface area contributed by atoms with Crippen LogP contribution in [0.1, 0.15) is 17.7 Å². The molecule has 6 rings (SSSR count). The van der Waals surface area contributed by atoms with Crippen molar-refractivity contribution in [2.45, 2.75) is 19.3 Å². The Hall–Kier alpha value is -4.27. The molecule has 1 aliphatic rings. The summed E-state index contributed by atoms with van der Waals surface area (Å²) in [5, 5.41) is 17.6. The lowest BCUT2D eigenvalue weighted by Gasteiger charge is -2.19. The van der Waals surface area contributed by atoms with Crippen molar-refractivity contribution in [2.75, 3.05) is 5.32 Å². The molecule has 9 heteroatoms. The standard InChI is InChI=1S/C22H17N7O2/c30-12-6-7-14-18(10-12)23-19(11-5-8-17-15(9-11)22(31)29-27-17)24-20(14)25-21-13-3-1-2-4-16(13)26-28-21/h1-5,8-9H,6-7,10H2,(H2,27,29,31)(H2,23,24,25,26,28). The van der Waals surface area contributed by atoms with Crippen molar-refractivity contribution in [1.29, 1.82) is 0 Å². The van der Waals surface area contributed by atoms with Crippen LogP contribution in [0.4, 0.5) is 11.6 Å². The number of nitrogens with one attached hydrogen (secondary N) is 4. The molecule has 152 valence electrons. The number of nitrogens with zero attached hydrogens (tertiary/aromatic N) is 3. The summed E-state index contributed by atoms with van der Waals surface area (Å²) in [6.45, 7) is 0. The minimum Gasteiger partial charge on any atom is -0.323 e. The molecule has 2 aromatic carbocycles. The van der Waals surface area contributed by atoms with E-state index in [0.717, 1.165) is 16.5 Å². The number of H-pyrrole nitrogens is 3. The van der Waals surface area contributed by atoms with Crippen molar-refractivity contribution in [3.05, 3.63) is 64.1 Å². The van der Waals surface area contributed by atoms with Crippen LogP contribution >= 0.6 is 0 Å². The topological polar surface area (TPSA) is 132 Å². The molecule has 31 heavy (non-hydrogen) atoms. The zero-order valence-corrected chi connectivity index (χ0v) is 16.3. The van der Waals surface area contributed by atoms with Gasteiger partial charge in [0.1, 0.15) is 11.6 Å². The lowest BCUT2D eigenvalue weighted by atomic mass is 9.95. The second-order valence-electron chi connectivity index (χ2n) is 7.62. The van der Waals surface area contributed by atoms with Gasteiger partial charge in [0.15, 0.2) is 11.6 Å². The van der Waals surface area contributed by atoms with E-state index >= 15 is 0 Å². The van der Waals surface area contributed by atoms with Gasteiger partial charge in [0, 0.05) is 29.4 Å². The zero-order chi connectivity index (χ0) is 20.9. The predicted octanol–water partition coefficient (Wildman–Crippen LogP) is 2.99. The number of benzene rings is 2. The lowest BCUT2D eigenvalue weighted by Crippen LogP contribution is -2.18. The third kappa shape index (κ3) is 2.90. The number of Topliss-reactive ketones (excluding diaryl/α,β-unsaturated/α-hetero) is 1. The zero-order valence-electron chi connectivity index (χ0n) is 16.3. The van der Waals surface area contributed by atoms with Crippen molar-refractivity contribution in [1.82, 2.24) is 30.4 Å². The maximum Gasteiger partial charge on any atom is 0.271 e. The number of ketones is 1. The Balaban J connectivity index is 1.51. The molecule has 3 heterocycles. The molecule has 3 aromatic heterocycles. The summed E-state index contributed by atoms with van der Waals surface area (Å²) in [6.07, 6.45) is 1.32. The van der Waals surface area contributed by atoms with E-state index in [1.54, 1.807) is 6.07 Å². The minimum absolute atomic E-state index is 0.158. The van der Waals surface area contributed by atoms with E-state index in [4.69, 9.17) is 4.98 Å². The average molecular weight is 411 g/mol. The number of rotatable bonds is 3. The lowest BCUT2D eigenvalue weighted by molar-refractivity contribution is -0.118. The van der Waals surface area contributed by atoms with Gasteiger partial charge in [0.2, 0.25) is 0 Å². The molecule has 4 N–H and O–H groups in total. The number of fused-ring (bicyclic) bond motifs is 3. The van der Waals surface area contributed by atoms with Crippen LogP contribution in [0.5, 0.6) is 0 Å². The van der Waals surface area contributed by atoms with E-state index in [-0.39, 0.29) is 17.8 Å². The number of hydrogen-bond donors (Lipinski definition) is 4. The Morgan fingerprint density at radius 2 is 1.77 bits per heavy atom. The summed E-state index contributed by atoms with van der Waals surface area (Å²) < 4.78 is 0. The van der Waals surface area contributed by atoms with Crippen LogP contribution in [-0.4, -0.2) is 36.1 Å². The molecule has 0 amide bonds. The van der Waals surface area contributed by atoms with Gasteiger partial charge < -0.3 is 5.32 Å². The number of carbonyl (C=O) groups excluding carboxylic acids is 1. The maximum absolute atomic E-state index is 12.1. The summed E-state index contributed by atoms with van der Waals surface area (Å²) in [5.41, 5.74) is 3.77. The Labute approximate surface area is 174 Å². The first-order chi connectivity index (χ1) is 15.2. The van der Waals surface area contributed by atoms with Gasteiger partial charge in [0.25, 0.3) is 5.56 Å². The first-order valence-electron chi connectivity index (χ1n) is 9.98. The molecule has 0 saturated carbocycles. The Morgan fingerprint density at radius 1 is 0.871 bits per heavy atom. The normalized spacial score (nSPS) is 13.6. The molecule has 0 radical (unpaired) electrons. The average Bonchev–Trinajstić information content (AvgIpc) is 3.37. The van der Waals surface area contributed by atoms with Gasteiger partial charge in [-0.25, -0.2) is 9.97 Å². The van der Waals surface area contributed by atoms with Gasteiger partial charge in [-0.2, -0.15) is 5.10 Å². The van der Waals surface area contributed by atoms with Crippen LogP contribution in [0.2, 0.25) is 0 Å². The third-order valence-electron chi connectivity index (χ3n) is 5.65. The molecule has 0 aliphatic heterocycles. The molecule has 0 saturated heterocycles. The van der Waals surface area contributed by atoms with Crippen LogP contribution in [0.15, 0.2) is 47.3 Å². The molecule has 5 aromatic rings. The number of hydrogen-bond acceptors (Lipinski definition) is 6. The fourth-order valence-corrected chi connectivity index (χ4v) is 4.05. The van der Waals surface area contributed by atoms with E-state index < -0.39 is 0 Å². The largest absolute Gasteiger partial charge is 0.323 e. The number of aromatic amines is 3. The van der Waals surface area contributed by atoms with Gasteiger partial charge in [-0.15, -0.1) is 0 Å². The molecule has 1 aliphatic carbocycles. The second kappa shape index (κ2) is 6.63. The highest BCUT2D eigenvalue weighted by atomic mass is 16.1. The highest BCUT2D eigenvalue weighted by molar-refractivity contribution is 5.92. The van der Waals surface area contributed by atoms with Crippen LogP contribution in [0, 0.1) is 0 Å². The van der Waals surface area contributed by atoms with E-state index in [0.29, 0.717) is 52.5 Å². The van der Waals surface area contributed by atoms with E-state index in [2.05, 4.69) is 30.7 Å². The van der Waals surface area contributed by atoms with Crippen LogP contribution in [-0.2, 0) is 17.6 Å². The molecule has 0 fully saturated rings. The third-order valence-corrected chi connectivity index (χ3v) is 5.65. The van der Waals surface area contributed by atoms with Crippen molar-refractivity contribution in [2.24, 2.45) is 0 Å². The number of carbonyl (C=O) groups is 1. The summed E-state index contributed by atoms with van der Waals surface area (Å²) >= 11 is 0. The van der Waals surface area contributed by atoms with Crippen molar-refractivity contribution < 1.29 is 4.79 Å². The Kier molecular flexibility index (Phi) is 3.76. The van der Waals surface area contributed by atoms with Crippen LogP contribution in [0.3, 0.4) is 0 Å². The second-order valence-corrected chi connectivity index (χ2v) is 7.62. The van der Waals surface area contributed by atoms with E-state index in [9.17, 15) is 9.59 Å². The summed E-state index contributed by atoms with van der Waals surface area (Å²) in [4.78, 5) is 33.6. The monoisotopic (exact) mass is 411 g/mol. The minimum atomic E-state index is -0.202. The van der Waals surface area contributed by atoms with Crippen LogP contribution < -0.4 is 10.9 Å². The SMILES string of the molecule is O=C1CCc2c(nc(-c3ccc4[nH][nH]c(=O)c4c3)nc2Nc2n[nH]c3ccccc23)C1. The highest BCUT2D eigenvalue weighted by Crippen LogP contribution is 2.31.